The second kappa shape index (κ2) is 4.30. The van der Waals surface area contributed by atoms with E-state index in [1.807, 2.05) is 0 Å². The zero-order valence-electron chi connectivity index (χ0n) is 8.17. The largest absolute Gasteiger partial charge is 0.573 e. The van der Waals surface area contributed by atoms with Gasteiger partial charge in [0.15, 0.2) is 11.5 Å². The Morgan fingerprint density at radius 2 is 2.00 bits per heavy atom. The summed E-state index contributed by atoms with van der Waals surface area (Å²) in [5, 5.41) is 0. The smallest absolute Gasteiger partial charge is 0.492 e. The third-order valence-electron chi connectivity index (χ3n) is 1.67. The van der Waals surface area contributed by atoms with E-state index in [4.69, 9.17) is 5.73 Å². The van der Waals surface area contributed by atoms with Crippen LogP contribution in [-0.4, -0.2) is 19.4 Å². The van der Waals surface area contributed by atoms with Crippen LogP contribution in [0.5, 0.6) is 11.5 Å². The Morgan fingerprint density at radius 1 is 1.38 bits per heavy atom. The normalized spacial score (nSPS) is 11.0. The summed E-state index contributed by atoms with van der Waals surface area (Å²) in [6, 6.07) is 3.48. The van der Waals surface area contributed by atoms with Crippen molar-refractivity contribution in [2.45, 2.75) is 6.36 Å². The van der Waals surface area contributed by atoms with Gasteiger partial charge in [0.1, 0.15) is 0 Å². The van der Waals surface area contributed by atoms with Gasteiger partial charge >= 0.3 is 6.36 Å². The lowest BCUT2D eigenvalue weighted by Gasteiger charge is -2.13. The van der Waals surface area contributed by atoms with E-state index in [2.05, 4.69) is 9.47 Å². The van der Waals surface area contributed by atoms with Crippen molar-refractivity contribution in [1.29, 1.82) is 0 Å². The fraction of sp³-hybridized carbons (Fsp3) is 0.222. The van der Waals surface area contributed by atoms with Crippen molar-refractivity contribution in [2.75, 3.05) is 7.11 Å². The summed E-state index contributed by atoms with van der Waals surface area (Å²) in [6.45, 7) is 0. The van der Waals surface area contributed by atoms with Gasteiger partial charge in [-0.25, -0.2) is 0 Å². The number of primary amides is 1. The molecule has 0 aromatic heterocycles. The zero-order valence-corrected chi connectivity index (χ0v) is 8.17. The molecular formula is C9H8F3NO3. The minimum Gasteiger partial charge on any atom is -0.492 e. The Labute approximate surface area is 88.8 Å². The number of carbonyl (C=O) groups is 1. The van der Waals surface area contributed by atoms with E-state index in [0.717, 1.165) is 13.2 Å². The molecule has 0 fully saturated rings. The fourth-order valence-corrected chi connectivity index (χ4v) is 1.13. The van der Waals surface area contributed by atoms with Gasteiger partial charge in [0.2, 0.25) is 0 Å². The van der Waals surface area contributed by atoms with Crippen LogP contribution in [0.3, 0.4) is 0 Å². The number of halogens is 3. The topological polar surface area (TPSA) is 61.6 Å². The molecule has 1 amide bonds. The highest BCUT2D eigenvalue weighted by Crippen LogP contribution is 2.34. The monoisotopic (exact) mass is 235 g/mol. The summed E-state index contributed by atoms with van der Waals surface area (Å²) in [5.41, 5.74) is 4.79. The summed E-state index contributed by atoms with van der Waals surface area (Å²) in [6.07, 6.45) is -4.86. The first kappa shape index (κ1) is 12.2. The molecule has 0 unspecified atom stereocenters. The van der Waals surface area contributed by atoms with Crippen LogP contribution in [0.4, 0.5) is 13.2 Å². The van der Waals surface area contributed by atoms with Crippen LogP contribution >= 0.6 is 0 Å². The third-order valence-corrected chi connectivity index (χ3v) is 1.67. The standard InChI is InChI=1S/C9H8F3NO3/c1-15-7-5(8(13)14)3-2-4-6(7)16-9(10,11)12/h2-4H,1H3,(H2,13,14). The van der Waals surface area contributed by atoms with E-state index in [9.17, 15) is 18.0 Å². The van der Waals surface area contributed by atoms with Crippen LogP contribution in [0, 0.1) is 0 Å². The van der Waals surface area contributed by atoms with Crippen LogP contribution < -0.4 is 15.2 Å². The predicted molar refractivity (Wildman–Crippen MR) is 48.2 cm³/mol. The molecular weight excluding hydrogens is 227 g/mol. The molecule has 1 aromatic carbocycles. The third kappa shape index (κ3) is 2.78. The minimum absolute atomic E-state index is 0.177. The van der Waals surface area contributed by atoms with Crippen LogP contribution in [0.25, 0.3) is 0 Å². The summed E-state index contributed by atoms with van der Waals surface area (Å²) in [4.78, 5) is 10.9. The van der Waals surface area contributed by atoms with Crippen LogP contribution in [-0.2, 0) is 0 Å². The number of amides is 1. The van der Waals surface area contributed by atoms with Crippen molar-refractivity contribution in [3.63, 3.8) is 0 Å². The SMILES string of the molecule is COc1c(OC(F)(F)F)cccc1C(N)=O. The highest BCUT2D eigenvalue weighted by molar-refractivity contribution is 5.96. The lowest BCUT2D eigenvalue weighted by Crippen LogP contribution is -2.19. The van der Waals surface area contributed by atoms with Crippen molar-refractivity contribution in [3.8, 4) is 11.5 Å². The molecule has 0 aliphatic rings. The number of methoxy groups -OCH3 is 1. The molecule has 0 aliphatic carbocycles. The number of benzene rings is 1. The molecule has 0 bridgehead atoms. The first-order valence-electron chi connectivity index (χ1n) is 4.07. The molecule has 16 heavy (non-hydrogen) atoms. The Kier molecular flexibility index (Phi) is 3.26. The predicted octanol–water partition coefficient (Wildman–Crippen LogP) is 1.69. The van der Waals surface area contributed by atoms with E-state index in [1.165, 1.54) is 12.1 Å². The number of hydrogen-bond donors (Lipinski definition) is 1. The van der Waals surface area contributed by atoms with E-state index in [0.29, 0.717) is 0 Å². The van der Waals surface area contributed by atoms with Crippen molar-refractivity contribution in [1.82, 2.24) is 0 Å². The van der Waals surface area contributed by atoms with Crippen molar-refractivity contribution >= 4 is 5.91 Å². The molecule has 0 spiro atoms. The van der Waals surface area contributed by atoms with Gasteiger partial charge < -0.3 is 15.2 Å². The first-order chi connectivity index (χ1) is 7.35. The highest BCUT2D eigenvalue weighted by Gasteiger charge is 2.33. The Balaban J connectivity index is 3.19. The molecule has 0 heterocycles. The van der Waals surface area contributed by atoms with E-state index in [-0.39, 0.29) is 11.3 Å². The molecule has 1 rings (SSSR count). The number of carbonyl (C=O) groups excluding carboxylic acids is 1. The quantitative estimate of drug-likeness (QED) is 0.867. The Morgan fingerprint density at radius 3 is 2.44 bits per heavy atom. The van der Waals surface area contributed by atoms with Crippen molar-refractivity contribution < 1.29 is 27.4 Å². The molecule has 88 valence electrons. The van der Waals surface area contributed by atoms with Gasteiger partial charge in [-0.2, -0.15) is 0 Å². The zero-order chi connectivity index (χ0) is 12.3. The van der Waals surface area contributed by atoms with Crippen molar-refractivity contribution in [3.05, 3.63) is 23.8 Å². The molecule has 4 nitrogen and oxygen atoms in total. The second-order valence-electron chi connectivity index (χ2n) is 2.75. The molecule has 0 aliphatic heterocycles. The fourth-order valence-electron chi connectivity index (χ4n) is 1.13. The van der Waals surface area contributed by atoms with Crippen LogP contribution in [0.15, 0.2) is 18.2 Å². The Bertz CT molecular complexity index is 403. The van der Waals surface area contributed by atoms with Gasteiger partial charge in [-0.1, -0.05) is 6.07 Å². The molecule has 1 aromatic rings. The maximum absolute atomic E-state index is 12.0. The molecule has 2 N–H and O–H groups in total. The average Bonchev–Trinajstić information content (AvgIpc) is 2.14. The molecule has 0 saturated carbocycles. The number of rotatable bonds is 3. The number of ether oxygens (including phenoxy) is 2. The lowest BCUT2D eigenvalue weighted by atomic mass is 10.2. The van der Waals surface area contributed by atoms with Gasteiger partial charge in [-0.05, 0) is 12.1 Å². The number of nitrogens with two attached hydrogens (primary N) is 1. The van der Waals surface area contributed by atoms with E-state index in [1.54, 1.807) is 0 Å². The summed E-state index contributed by atoms with van der Waals surface area (Å²) in [5.74, 6) is -1.84. The first-order valence-corrected chi connectivity index (χ1v) is 4.07. The molecule has 0 atom stereocenters. The van der Waals surface area contributed by atoms with Crippen LogP contribution in [0.1, 0.15) is 10.4 Å². The highest BCUT2D eigenvalue weighted by atomic mass is 19.4. The molecule has 0 radical (unpaired) electrons. The number of alkyl halides is 3. The van der Waals surface area contributed by atoms with Gasteiger partial charge in [-0.3, -0.25) is 4.79 Å². The maximum atomic E-state index is 12.0. The van der Waals surface area contributed by atoms with E-state index >= 15 is 0 Å². The Hall–Kier alpha value is -1.92. The summed E-state index contributed by atoms with van der Waals surface area (Å²) in [7, 11) is 1.12. The maximum Gasteiger partial charge on any atom is 0.573 e. The van der Waals surface area contributed by atoms with Gasteiger partial charge in [0.05, 0.1) is 12.7 Å². The number of hydrogen-bond acceptors (Lipinski definition) is 3. The molecule has 7 heteroatoms. The average molecular weight is 235 g/mol. The van der Waals surface area contributed by atoms with Gasteiger partial charge in [-0.15, -0.1) is 13.2 Å². The second-order valence-corrected chi connectivity index (χ2v) is 2.75. The van der Waals surface area contributed by atoms with Gasteiger partial charge in [0.25, 0.3) is 5.91 Å². The summed E-state index contributed by atoms with van der Waals surface area (Å²) >= 11 is 0. The lowest BCUT2D eigenvalue weighted by molar-refractivity contribution is -0.275. The van der Waals surface area contributed by atoms with E-state index < -0.39 is 18.0 Å². The number of para-hydroxylation sites is 1. The summed E-state index contributed by atoms with van der Waals surface area (Å²) < 4.78 is 44.3. The minimum atomic E-state index is -4.86. The molecule has 0 saturated heterocycles. The van der Waals surface area contributed by atoms with Crippen molar-refractivity contribution in [2.24, 2.45) is 5.73 Å². The van der Waals surface area contributed by atoms with Gasteiger partial charge in [0, 0.05) is 0 Å². The van der Waals surface area contributed by atoms with Crippen LogP contribution in [0.2, 0.25) is 0 Å².